The topological polar surface area (TPSA) is 103 Å². The van der Waals surface area contributed by atoms with Gasteiger partial charge in [0.05, 0.1) is 11.1 Å². The summed E-state index contributed by atoms with van der Waals surface area (Å²) in [6.07, 6.45) is 0. The fraction of sp³-hybridized carbons (Fsp3) is 0.0400. The van der Waals surface area contributed by atoms with Gasteiger partial charge in [-0.05, 0) is 30.3 Å². The Morgan fingerprint density at radius 1 is 0.909 bits per heavy atom. The number of carbonyl (C=O) groups excluding carboxylic acids is 3. The lowest BCUT2D eigenvalue weighted by molar-refractivity contribution is -0.119. The van der Waals surface area contributed by atoms with Gasteiger partial charge in [0.15, 0.2) is 17.8 Å². The molecule has 0 radical (unpaired) electrons. The Morgan fingerprint density at radius 2 is 1.64 bits per heavy atom. The molecular weight excluding hydrogens is 446 g/mol. The highest BCUT2D eigenvalue weighted by Gasteiger charge is 2.18. The van der Waals surface area contributed by atoms with Crippen molar-refractivity contribution in [3.05, 3.63) is 111 Å². The fourth-order valence-corrected chi connectivity index (χ4v) is 3.32. The average Bonchev–Trinajstić information content (AvgIpc) is 2.83. The predicted molar refractivity (Wildman–Crippen MR) is 123 cm³/mol. The minimum absolute atomic E-state index is 0.189. The molecule has 0 aliphatic carbocycles. The first-order valence-electron chi connectivity index (χ1n) is 9.81. The number of nitrogens with one attached hydrogen (secondary N) is 1. The summed E-state index contributed by atoms with van der Waals surface area (Å²) < 4.78 is 10.4. The molecule has 0 unspecified atom stereocenters. The molecule has 0 fully saturated rings. The van der Waals surface area contributed by atoms with Gasteiger partial charge in [-0.1, -0.05) is 54.1 Å². The first kappa shape index (κ1) is 22.0. The number of amides is 1. The molecule has 33 heavy (non-hydrogen) atoms. The van der Waals surface area contributed by atoms with Gasteiger partial charge in [-0.25, -0.2) is 4.79 Å². The van der Waals surface area contributed by atoms with Crippen LogP contribution < -0.4 is 10.7 Å². The predicted octanol–water partition coefficient (Wildman–Crippen LogP) is 4.47. The summed E-state index contributed by atoms with van der Waals surface area (Å²) in [5, 5.41) is 3.20. The van der Waals surface area contributed by atoms with Crippen molar-refractivity contribution in [2.75, 3.05) is 11.9 Å². The molecule has 0 bridgehead atoms. The smallest absolute Gasteiger partial charge is 0.374 e. The highest BCUT2D eigenvalue weighted by molar-refractivity contribution is 6.31. The van der Waals surface area contributed by atoms with E-state index in [1.165, 1.54) is 18.2 Å². The Kier molecular flexibility index (Phi) is 6.33. The Bertz CT molecular complexity index is 1430. The normalized spacial score (nSPS) is 10.6. The molecule has 164 valence electrons. The van der Waals surface area contributed by atoms with Crippen LogP contribution in [0.1, 0.15) is 26.5 Å². The number of esters is 1. The quantitative estimate of drug-likeness (QED) is 0.335. The number of ketones is 1. The largest absolute Gasteiger partial charge is 0.450 e. The van der Waals surface area contributed by atoms with Crippen LogP contribution in [0.3, 0.4) is 0 Å². The zero-order valence-corrected chi connectivity index (χ0v) is 17.8. The Labute approximate surface area is 192 Å². The Morgan fingerprint density at radius 3 is 2.42 bits per heavy atom. The highest BCUT2D eigenvalue weighted by atomic mass is 35.5. The van der Waals surface area contributed by atoms with Gasteiger partial charge < -0.3 is 14.5 Å². The van der Waals surface area contributed by atoms with E-state index < -0.39 is 23.9 Å². The van der Waals surface area contributed by atoms with Crippen molar-refractivity contribution in [2.45, 2.75) is 0 Å². The van der Waals surface area contributed by atoms with E-state index in [0.717, 1.165) is 6.07 Å². The van der Waals surface area contributed by atoms with Crippen molar-refractivity contribution in [1.29, 1.82) is 0 Å². The molecule has 1 heterocycles. The molecule has 1 amide bonds. The molecule has 1 aromatic heterocycles. The van der Waals surface area contributed by atoms with Crippen molar-refractivity contribution < 1.29 is 23.5 Å². The van der Waals surface area contributed by atoms with Gasteiger partial charge in [-0.2, -0.15) is 0 Å². The maximum absolute atomic E-state index is 12.9. The Balaban J connectivity index is 1.47. The van der Waals surface area contributed by atoms with Crippen LogP contribution in [0.25, 0.3) is 11.0 Å². The SMILES string of the molecule is O=C(COC(=O)c1cc(=O)c2ccccc2o1)Nc1ccc(Cl)cc1C(=O)c1ccccc1. The van der Waals surface area contributed by atoms with E-state index in [9.17, 15) is 19.2 Å². The van der Waals surface area contributed by atoms with Crippen molar-refractivity contribution in [2.24, 2.45) is 0 Å². The van der Waals surface area contributed by atoms with E-state index >= 15 is 0 Å². The first-order chi connectivity index (χ1) is 15.9. The van der Waals surface area contributed by atoms with Gasteiger partial charge in [0.1, 0.15) is 5.58 Å². The van der Waals surface area contributed by atoms with Crippen molar-refractivity contribution >= 4 is 45.9 Å². The summed E-state index contributed by atoms with van der Waals surface area (Å²) in [4.78, 5) is 49.7. The molecule has 4 rings (SSSR count). The lowest BCUT2D eigenvalue weighted by Gasteiger charge is -2.11. The second kappa shape index (κ2) is 9.50. The Hall–Kier alpha value is -4.23. The van der Waals surface area contributed by atoms with Gasteiger partial charge in [0.2, 0.25) is 5.76 Å². The summed E-state index contributed by atoms with van der Waals surface area (Å²) in [5.41, 5.74) is 0.651. The van der Waals surface area contributed by atoms with E-state index in [4.69, 9.17) is 20.8 Å². The number of carbonyl (C=O) groups is 3. The van der Waals surface area contributed by atoms with Crippen molar-refractivity contribution in [3.63, 3.8) is 0 Å². The molecule has 4 aromatic rings. The highest BCUT2D eigenvalue weighted by Crippen LogP contribution is 2.24. The van der Waals surface area contributed by atoms with Crippen LogP contribution in [0, 0.1) is 0 Å². The molecule has 0 aliphatic rings. The molecule has 7 nitrogen and oxygen atoms in total. The summed E-state index contributed by atoms with van der Waals surface area (Å²) in [6, 6.07) is 20.4. The fourth-order valence-electron chi connectivity index (χ4n) is 3.15. The van der Waals surface area contributed by atoms with E-state index in [-0.39, 0.29) is 28.4 Å². The number of hydrogen-bond donors (Lipinski definition) is 1. The zero-order chi connectivity index (χ0) is 23.4. The minimum Gasteiger partial charge on any atom is -0.450 e. The maximum Gasteiger partial charge on any atom is 0.374 e. The third kappa shape index (κ3) is 4.99. The van der Waals surface area contributed by atoms with Gasteiger partial charge >= 0.3 is 5.97 Å². The number of hydrogen-bond acceptors (Lipinski definition) is 6. The molecule has 0 saturated carbocycles. The van der Waals surface area contributed by atoms with Crippen LogP contribution >= 0.6 is 11.6 Å². The van der Waals surface area contributed by atoms with Crippen LogP contribution in [-0.2, 0) is 9.53 Å². The van der Waals surface area contributed by atoms with Crippen molar-refractivity contribution in [3.8, 4) is 0 Å². The third-order valence-corrected chi connectivity index (χ3v) is 4.94. The van der Waals surface area contributed by atoms with Gasteiger partial charge in [-0.3, -0.25) is 14.4 Å². The van der Waals surface area contributed by atoms with Crippen molar-refractivity contribution in [1.82, 2.24) is 0 Å². The molecule has 3 aromatic carbocycles. The summed E-state index contributed by atoms with van der Waals surface area (Å²) >= 11 is 6.04. The summed E-state index contributed by atoms with van der Waals surface area (Å²) in [5.74, 6) is -2.30. The summed E-state index contributed by atoms with van der Waals surface area (Å²) in [7, 11) is 0. The molecule has 0 atom stereocenters. The van der Waals surface area contributed by atoms with Gasteiger partial charge in [-0.15, -0.1) is 0 Å². The number of rotatable bonds is 6. The van der Waals surface area contributed by atoms with E-state index in [1.807, 2.05) is 0 Å². The van der Waals surface area contributed by atoms with Crippen LogP contribution in [0.15, 0.2) is 88.1 Å². The third-order valence-electron chi connectivity index (χ3n) is 4.71. The van der Waals surface area contributed by atoms with Gasteiger partial charge in [0, 0.05) is 22.2 Å². The average molecular weight is 462 g/mol. The monoisotopic (exact) mass is 461 g/mol. The van der Waals surface area contributed by atoms with Crippen LogP contribution in [0.5, 0.6) is 0 Å². The second-order valence-electron chi connectivity index (χ2n) is 6.98. The number of halogens is 1. The van der Waals surface area contributed by atoms with Gasteiger partial charge in [0.25, 0.3) is 5.91 Å². The van der Waals surface area contributed by atoms with Crippen LogP contribution in [0.2, 0.25) is 5.02 Å². The second-order valence-corrected chi connectivity index (χ2v) is 7.42. The lowest BCUT2D eigenvalue weighted by Crippen LogP contribution is -2.22. The summed E-state index contributed by atoms with van der Waals surface area (Å²) in [6.45, 7) is -0.656. The number of benzene rings is 3. The van der Waals surface area contributed by atoms with E-state index in [1.54, 1.807) is 54.6 Å². The molecule has 0 spiro atoms. The van der Waals surface area contributed by atoms with Crippen LogP contribution in [-0.4, -0.2) is 24.3 Å². The number of fused-ring (bicyclic) bond motifs is 1. The lowest BCUT2D eigenvalue weighted by atomic mass is 10.0. The molecular formula is C25H16ClNO6. The maximum atomic E-state index is 12.9. The number of ether oxygens (including phenoxy) is 1. The number of anilines is 1. The van der Waals surface area contributed by atoms with Crippen LogP contribution in [0.4, 0.5) is 5.69 Å². The van der Waals surface area contributed by atoms with E-state index in [2.05, 4.69) is 5.32 Å². The molecule has 0 saturated heterocycles. The molecule has 0 aliphatic heterocycles. The minimum atomic E-state index is -0.968. The first-order valence-corrected chi connectivity index (χ1v) is 10.2. The number of para-hydroxylation sites is 1. The zero-order valence-electron chi connectivity index (χ0n) is 17.0. The molecule has 8 heteroatoms. The standard InChI is InChI=1S/C25H16ClNO6/c26-16-10-11-19(18(12-16)24(30)15-6-2-1-3-7-15)27-23(29)14-32-25(31)22-13-20(28)17-8-4-5-9-21(17)33-22/h1-13H,14H2,(H,27,29). The molecule has 1 N–H and O–H groups in total. The van der Waals surface area contributed by atoms with E-state index in [0.29, 0.717) is 16.0 Å².